The lowest BCUT2D eigenvalue weighted by molar-refractivity contribution is 0.170. The van der Waals surface area contributed by atoms with Crippen LogP contribution in [0.3, 0.4) is 0 Å². The quantitative estimate of drug-likeness (QED) is 0.823. The van der Waals surface area contributed by atoms with Gasteiger partial charge in [0.2, 0.25) is 0 Å². The molecule has 0 spiro atoms. The number of benzene rings is 1. The van der Waals surface area contributed by atoms with Gasteiger partial charge in [0.15, 0.2) is 0 Å². The molecule has 1 atom stereocenters. The van der Waals surface area contributed by atoms with Gasteiger partial charge in [0.1, 0.15) is 5.82 Å². The first-order valence-electron chi connectivity index (χ1n) is 6.65. The fourth-order valence-electron chi connectivity index (χ4n) is 2.96. The van der Waals surface area contributed by atoms with E-state index in [1.807, 2.05) is 6.07 Å². The highest BCUT2D eigenvalue weighted by atomic mass is 35.5. The van der Waals surface area contributed by atoms with Crippen LogP contribution in [0.5, 0.6) is 0 Å². The molecule has 100 valence electrons. The maximum absolute atomic E-state index is 13.4. The van der Waals surface area contributed by atoms with E-state index in [4.69, 9.17) is 17.3 Å². The van der Waals surface area contributed by atoms with Crippen molar-refractivity contribution in [2.45, 2.75) is 52.0 Å². The van der Waals surface area contributed by atoms with E-state index in [1.54, 1.807) is 6.92 Å². The number of aryl methyl sites for hydroxylation is 1. The maximum Gasteiger partial charge on any atom is 0.127 e. The van der Waals surface area contributed by atoms with Crippen LogP contribution in [0.1, 0.15) is 56.2 Å². The summed E-state index contributed by atoms with van der Waals surface area (Å²) < 4.78 is 13.4. The molecule has 1 aliphatic rings. The van der Waals surface area contributed by atoms with Gasteiger partial charge in [0.05, 0.1) is 0 Å². The van der Waals surface area contributed by atoms with E-state index in [0.717, 1.165) is 18.4 Å². The molecule has 0 saturated heterocycles. The number of rotatable bonds is 2. The molecule has 1 nitrogen and oxygen atoms in total. The summed E-state index contributed by atoms with van der Waals surface area (Å²) in [7, 11) is 0. The van der Waals surface area contributed by atoms with Crippen LogP contribution in [0.4, 0.5) is 4.39 Å². The summed E-state index contributed by atoms with van der Waals surface area (Å²) in [5.74, 6) is -0.259. The molecule has 0 heterocycles. The Morgan fingerprint density at radius 3 is 2.50 bits per heavy atom. The molecule has 3 heteroatoms. The summed E-state index contributed by atoms with van der Waals surface area (Å²) in [5.41, 5.74) is 8.01. The Morgan fingerprint density at radius 1 is 1.28 bits per heavy atom. The van der Waals surface area contributed by atoms with Gasteiger partial charge in [-0.2, -0.15) is 0 Å². The van der Waals surface area contributed by atoms with Gasteiger partial charge in [0.25, 0.3) is 0 Å². The Bertz CT molecular complexity index is 438. The monoisotopic (exact) mass is 269 g/mol. The number of hydrogen-bond donors (Lipinski definition) is 1. The van der Waals surface area contributed by atoms with E-state index < -0.39 is 0 Å². The molecule has 18 heavy (non-hydrogen) atoms. The van der Waals surface area contributed by atoms with Crippen molar-refractivity contribution in [2.75, 3.05) is 0 Å². The predicted octanol–water partition coefficient (Wildman–Crippen LogP) is 4.76. The molecule has 0 aliphatic heterocycles. The third-order valence-corrected chi connectivity index (χ3v) is 4.69. The Morgan fingerprint density at radius 2 is 1.89 bits per heavy atom. The third kappa shape index (κ3) is 2.55. The number of hydrogen-bond acceptors (Lipinski definition) is 1. The van der Waals surface area contributed by atoms with Gasteiger partial charge in [-0.05, 0) is 42.4 Å². The van der Waals surface area contributed by atoms with Crippen molar-refractivity contribution < 1.29 is 4.39 Å². The average Bonchev–Trinajstić information content (AvgIpc) is 2.34. The lowest BCUT2D eigenvalue weighted by Crippen LogP contribution is -2.34. The Hall–Kier alpha value is -0.600. The van der Waals surface area contributed by atoms with Crippen molar-refractivity contribution in [3.05, 3.63) is 34.1 Å². The first-order chi connectivity index (χ1) is 8.44. The van der Waals surface area contributed by atoms with E-state index in [1.165, 1.54) is 25.3 Å². The van der Waals surface area contributed by atoms with Crippen LogP contribution in [0.25, 0.3) is 0 Å². The molecule has 0 radical (unpaired) electrons. The topological polar surface area (TPSA) is 26.0 Å². The summed E-state index contributed by atoms with van der Waals surface area (Å²) in [4.78, 5) is 0. The molecule has 1 aromatic carbocycles. The normalized spacial score (nSPS) is 20.7. The molecule has 1 unspecified atom stereocenters. The first kappa shape index (κ1) is 13.8. The average molecular weight is 270 g/mol. The van der Waals surface area contributed by atoms with Crippen molar-refractivity contribution in [1.29, 1.82) is 0 Å². The molecule has 2 N–H and O–H groups in total. The van der Waals surface area contributed by atoms with Crippen molar-refractivity contribution in [1.82, 2.24) is 0 Å². The van der Waals surface area contributed by atoms with Crippen LogP contribution >= 0.6 is 11.6 Å². The van der Waals surface area contributed by atoms with Crippen LogP contribution in [-0.2, 0) is 0 Å². The molecule has 2 rings (SSSR count). The minimum Gasteiger partial charge on any atom is -0.323 e. The zero-order valence-electron chi connectivity index (χ0n) is 11.1. The number of nitrogens with two attached hydrogens (primary N) is 1. The lowest BCUT2D eigenvalue weighted by Gasteiger charge is -2.39. The zero-order valence-corrected chi connectivity index (χ0v) is 11.9. The molecular formula is C15H21ClFN. The Balaban J connectivity index is 2.33. The SMILES string of the molecule is Cc1cc(C(N)C2(C)CCCCC2)c(Cl)cc1F. The molecule has 1 saturated carbocycles. The summed E-state index contributed by atoms with van der Waals surface area (Å²) in [6, 6.07) is 3.09. The smallest absolute Gasteiger partial charge is 0.127 e. The van der Waals surface area contributed by atoms with Crippen LogP contribution in [0.15, 0.2) is 12.1 Å². The molecule has 0 amide bonds. The van der Waals surface area contributed by atoms with Gasteiger partial charge < -0.3 is 5.73 Å². The lowest BCUT2D eigenvalue weighted by atomic mass is 9.69. The fraction of sp³-hybridized carbons (Fsp3) is 0.600. The van der Waals surface area contributed by atoms with Gasteiger partial charge in [-0.25, -0.2) is 4.39 Å². The summed E-state index contributed by atoms with van der Waals surface area (Å²) >= 11 is 6.16. The van der Waals surface area contributed by atoms with Crippen molar-refractivity contribution in [3.8, 4) is 0 Å². The fourth-order valence-corrected chi connectivity index (χ4v) is 3.23. The molecule has 1 aromatic rings. The highest BCUT2D eigenvalue weighted by Gasteiger charge is 2.35. The van der Waals surface area contributed by atoms with Gasteiger partial charge in [-0.1, -0.05) is 43.9 Å². The number of halogens is 2. The van der Waals surface area contributed by atoms with E-state index in [-0.39, 0.29) is 17.3 Å². The minimum atomic E-state index is -0.259. The summed E-state index contributed by atoms with van der Waals surface area (Å²) in [6.45, 7) is 3.98. The Labute approximate surface area is 114 Å². The Kier molecular flexibility index (Phi) is 3.98. The van der Waals surface area contributed by atoms with E-state index in [0.29, 0.717) is 10.6 Å². The van der Waals surface area contributed by atoms with E-state index >= 15 is 0 Å². The van der Waals surface area contributed by atoms with Crippen LogP contribution < -0.4 is 5.73 Å². The van der Waals surface area contributed by atoms with Crippen LogP contribution in [0, 0.1) is 18.2 Å². The third-order valence-electron chi connectivity index (χ3n) is 4.36. The standard InChI is InChI=1S/C15H21ClFN/c1-10-8-11(12(16)9-13(10)17)14(18)15(2)6-4-3-5-7-15/h8-9,14H,3-7,18H2,1-2H3. The second-order valence-corrected chi connectivity index (χ2v) is 6.22. The van der Waals surface area contributed by atoms with Crippen molar-refractivity contribution >= 4 is 11.6 Å². The van der Waals surface area contributed by atoms with Gasteiger partial charge in [0, 0.05) is 11.1 Å². The predicted molar refractivity (Wildman–Crippen MR) is 74.3 cm³/mol. The largest absolute Gasteiger partial charge is 0.323 e. The van der Waals surface area contributed by atoms with Gasteiger partial charge >= 0.3 is 0 Å². The second-order valence-electron chi connectivity index (χ2n) is 5.82. The van der Waals surface area contributed by atoms with E-state index in [9.17, 15) is 4.39 Å². The molecular weight excluding hydrogens is 249 g/mol. The first-order valence-corrected chi connectivity index (χ1v) is 7.03. The second kappa shape index (κ2) is 5.18. The minimum absolute atomic E-state index is 0.0894. The van der Waals surface area contributed by atoms with Gasteiger partial charge in [-0.3, -0.25) is 0 Å². The molecule has 1 fully saturated rings. The van der Waals surface area contributed by atoms with Crippen molar-refractivity contribution in [2.24, 2.45) is 11.1 Å². The van der Waals surface area contributed by atoms with E-state index in [2.05, 4.69) is 6.92 Å². The van der Waals surface area contributed by atoms with Gasteiger partial charge in [-0.15, -0.1) is 0 Å². The van der Waals surface area contributed by atoms with Crippen molar-refractivity contribution in [3.63, 3.8) is 0 Å². The zero-order chi connectivity index (χ0) is 13.3. The maximum atomic E-state index is 13.4. The summed E-state index contributed by atoms with van der Waals surface area (Å²) in [6.07, 6.45) is 5.99. The molecule has 0 bridgehead atoms. The summed E-state index contributed by atoms with van der Waals surface area (Å²) in [5, 5.41) is 0.456. The molecule has 1 aliphatic carbocycles. The van der Waals surface area contributed by atoms with Crippen LogP contribution in [-0.4, -0.2) is 0 Å². The highest BCUT2D eigenvalue weighted by molar-refractivity contribution is 6.31. The van der Waals surface area contributed by atoms with Crippen LogP contribution in [0.2, 0.25) is 5.02 Å². The highest BCUT2D eigenvalue weighted by Crippen LogP contribution is 2.45. The molecule has 0 aromatic heterocycles.